The average Bonchev–Trinajstić information content (AvgIpc) is 3.17. The molecule has 2 aromatic carbocycles. The monoisotopic (exact) mass is 476 g/mol. The third kappa shape index (κ3) is 6.84. The minimum atomic E-state index is -0.217. The van der Waals surface area contributed by atoms with E-state index in [2.05, 4.69) is 17.6 Å². The van der Waals surface area contributed by atoms with Crippen molar-refractivity contribution in [3.8, 4) is 0 Å². The Morgan fingerprint density at radius 2 is 1.31 bits per heavy atom. The number of anilines is 2. The third-order valence-corrected chi connectivity index (χ3v) is 6.92. The van der Waals surface area contributed by atoms with E-state index >= 15 is 0 Å². The summed E-state index contributed by atoms with van der Waals surface area (Å²) in [5.74, 6) is 0.498. The first-order valence-corrected chi connectivity index (χ1v) is 12.8. The highest BCUT2D eigenvalue weighted by Gasteiger charge is 2.22. The topological polar surface area (TPSA) is 81.8 Å². The van der Waals surface area contributed by atoms with Gasteiger partial charge in [0.15, 0.2) is 0 Å². The zero-order chi connectivity index (χ0) is 24.6. The molecule has 7 nitrogen and oxygen atoms in total. The fourth-order valence-electron chi connectivity index (χ4n) is 4.73. The Bertz CT molecular complexity index is 1040. The van der Waals surface area contributed by atoms with E-state index in [4.69, 9.17) is 0 Å². The first-order valence-electron chi connectivity index (χ1n) is 12.8. The number of benzene rings is 2. The van der Waals surface area contributed by atoms with Gasteiger partial charge in [0.1, 0.15) is 0 Å². The molecule has 4 rings (SSSR count). The summed E-state index contributed by atoms with van der Waals surface area (Å²) in [4.78, 5) is 42.1. The molecular weight excluding hydrogens is 440 g/mol. The Morgan fingerprint density at radius 3 is 1.94 bits per heavy atom. The van der Waals surface area contributed by atoms with Crippen LogP contribution in [-0.2, 0) is 4.79 Å². The van der Waals surface area contributed by atoms with E-state index in [1.165, 1.54) is 12.8 Å². The van der Waals surface area contributed by atoms with Crippen molar-refractivity contribution in [2.45, 2.75) is 45.4 Å². The van der Waals surface area contributed by atoms with Crippen LogP contribution in [0.25, 0.3) is 0 Å². The molecule has 2 heterocycles. The standard InChI is InChI=1S/C28H36N4O3/c1-21-12-16-32(17-13-21)28(35)23-9-7-11-25(19-23)30-26(33)20-29-24-10-6-8-22(18-24)27(34)31-14-4-2-3-5-15-31/h6-11,18-19,21,29H,2-5,12-17,20H2,1H3,(H,30,33). The SMILES string of the molecule is CC1CCN(C(=O)c2cccc(NC(=O)CNc3cccc(C(=O)N4CCCCCC4)c3)c2)CC1. The summed E-state index contributed by atoms with van der Waals surface area (Å²) >= 11 is 0. The molecule has 2 aromatic rings. The maximum absolute atomic E-state index is 12.9. The maximum atomic E-state index is 12.9. The molecule has 0 saturated carbocycles. The quantitative estimate of drug-likeness (QED) is 0.637. The molecule has 7 heteroatoms. The molecule has 3 amide bonds. The number of likely N-dealkylation sites (tertiary alicyclic amines) is 2. The number of rotatable bonds is 6. The minimum Gasteiger partial charge on any atom is -0.376 e. The molecule has 186 valence electrons. The molecular formula is C28H36N4O3. The zero-order valence-electron chi connectivity index (χ0n) is 20.6. The van der Waals surface area contributed by atoms with E-state index in [0.717, 1.165) is 57.5 Å². The summed E-state index contributed by atoms with van der Waals surface area (Å²) in [7, 11) is 0. The van der Waals surface area contributed by atoms with Gasteiger partial charge >= 0.3 is 0 Å². The Morgan fingerprint density at radius 1 is 0.771 bits per heavy atom. The van der Waals surface area contributed by atoms with Crippen molar-refractivity contribution in [2.24, 2.45) is 5.92 Å². The van der Waals surface area contributed by atoms with Gasteiger partial charge in [0, 0.05) is 48.7 Å². The highest BCUT2D eigenvalue weighted by Crippen LogP contribution is 2.20. The van der Waals surface area contributed by atoms with Crippen molar-refractivity contribution < 1.29 is 14.4 Å². The maximum Gasteiger partial charge on any atom is 0.253 e. The van der Waals surface area contributed by atoms with Crippen molar-refractivity contribution >= 4 is 29.1 Å². The summed E-state index contributed by atoms with van der Waals surface area (Å²) in [6, 6.07) is 14.4. The Labute approximate surface area is 207 Å². The van der Waals surface area contributed by atoms with Crippen LogP contribution >= 0.6 is 0 Å². The molecule has 0 bridgehead atoms. The van der Waals surface area contributed by atoms with Gasteiger partial charge in [0.05, 0.1) is 6.54 Å². The molecule has 2 aliphatic rings. The summed E-state index contributed by atoms with van der Waals surface area (Å²) in [5, 5.41) is 5.98. The molecule has 0 unspecified atom stereocenters. The number of carbonyl (C=O) groups excluding carboxylic acids is 3. The van der Waals surface area contributed by atoms with E-state index in [9.17, 15) is 14.4 Å². The molecule has 2 fully saturated rings. The number of nitrogens with zero attached hydrogens (tertiary/aromatic N) is 2. The molecule has 0 radical (unpaired) electrons. The van der Waals surface area contributed by atoms with Crippen LogP contribution < -0.4 is 10.6 Å². The Hall–Kier alpha value is -3.35. The highest BCUT2D eigenvalue weighted by molar-refractivity contribution is 5.98. The lowest BCUT2D eigenvalue weighted by Gasteiger charge is -2.30. The Balaban J connectivity index is 1.31. The first-order chi connectivity index (χ1) is 17.0. The van der Waals surface area contributed by atoms with Crippen LogP contribution in [0.4, 0.5) is 11.4 Å². The molecule has 0 atom stereocenters. The van der Waals surface area contributed by atoms with Gasteiger partial charge in [-0.1, -0.05) is 31.9 Å². The molecule has 2 aliphatic heterocycles. The van der Waals surface area contributed by atoms with E-state index in [-0.39, 0.29) is 24.3 Å². The third-order valence-electron chi connectivity index (χ3n) is 6.92. The summed E-state index contributed by atoms with van der Waals surface area (Å²) in [5.41, 5.74) is 2.54. The van der Waals surface area contributed by atoms with E-state index in [0.29, 0.717) is 22.7 Å². The van der Waals surface area contributed by atoms with Crippen molar-refractivity contribution in [3.05, 3.63) is 59.7 Å². The van der Waals surface area contributed by atoms with Gasteiger partial charge in [-0.2, -0.15) is 0 Å². The minimum absolute atomic E-state index is 0.0111. The second kappa shape index (κ2) is 11.9. The predicted molar refractivity (Wildman–Crippen MR) is 139 cm³/mol. The van der Waals surface area contributed by atoms with Crippen LogP contribution in [0.15, 0.2) is 48.5 Å². The molecule has 0 spiro atoms. The second-order valence-electron chi connectivity index (χ2n) is 9.74. The van der Waals surface area contributed by atoms with Gasteiger partial charge in [0.2, 0.25) is 5.91 Å². The molecule has 2 N–H and O–H groups in total. The van der Waals surface area contributed by atoms with Crippen molar-refractivity contribution in [3.63, 3.8) is 0 Å². The number of amides is 3. The van der Waals surface area contributed by atoms with E-state index in [1.54, 1.807) is 30.3 Å². The molecule has 0 aromatic heterocycles. The van der Waals surface area contributed by atoms with Crippen LogP contribution in [0.1, 0.15) is 66.2 Å². The van der Waals surface area contributed by atoms with E-state index < -0.39 is 0 Å². The van der Waals surface area contributed by atoms with Gasteiger partial charge in [-0.05, 0) is 68.0 Å². The lowest BCUT2D eigenvalue weighted by molar-refractivity contribution is -0.114. The molecule has 0 aliphatic carbocycles. The summed E-state index contributed by atoms with van der Waals surface area (Å²) in [6.07, 6.45) is 6.50. The smallest absolute Gasteiger partial charge is 0.253 e. The number of hydrogen-bond donors (Lipinski definition) is 2. The normalized spacial score (nSPS) is 16.9. The first kappa shape index (κ1) is 24.8. The van der Waals surface area contributed by atoms with Crippen LogP contribution in [0, 0.1) is 5.92 Å². The van der Waals surface area contributed by atoms with Gasteiger partial charge in [0.25, 0.3) is 11.8 Å². The Kier molecular flexibility index (Phi) is 8.40. The number of piperidine rings is 1. The van der Waals surface area contributed by atoms with Crippen LogP contribution in [0.2, 0.25) is 0 Å². The summed E-state index contributed by atoms with van der Waals surface area (Å²) < 4.78 is 0. The van der Waals surface area contributed by atoms with Gasteiger partial charge in [-0.25, -0.2) is 0 Å². The average molecular weight is 477 g/mol. The predicted octanol–water partition coefficient (Wildman–Crippen LogP) is 4.63. The number of hydrogen-bond acceptors (Lipinski definition) is 4. The van der Waals surface area contributed by atoms with E-state index in [1.807, 2.05) is 28.0 Å². The number of nitrogens with one attached hydrogen (secondary N) is 2. The van der Waals surface area contributed by atoms with Crippen LogP contribution in [-0.4, -0.2) is 60.2 Å². The van der Waals surface area contributed by atoms with Gasteiger partial charge in [-0.3, -0.25) is 14.4 Å². The largest absolute Gasteiger partial charge is 0.376 e. The van der Waals surface area contributed by atoms with Crippen molar-refractivity contribution in [1.29, 1.82) is 0 Å². The highest BCUT2D eigenvalue weighted by atomic mass is 16.2. The van der Waals surface area contributed by atoms with Crippen molar-refractivity contribution in [1.82, 2.24) is 9.80 Å². The van der Waals surface area contributed by atoms with Crippen LogP contribution in [0.3, 0.4) is 0 Å². The second-order valence-corrected chi connectivity index (χ2v) is 9.74. The van der Waals surface area contributed by atoms with Gasteiger partial charge in [-0.15, -0.1) is 0 Å². The summed E-state index contributed by atoms with van der Waals surface area (Å²) in [6.45, 7) is 5.44. The fourth-order valence-corrected chi connectivity index (χ4v) is 4.73. The zero-order valence-corrected chi connectivity index (χ0v) is 20.6. The lowest BCUT2D eigenvalue weighted by atomic mass is 9.98. The van der Waals surface area contributed by atoms with Crippen LogP contribution in [0.5, 0.6) is 0 Å². The molecule has 2 saturated heterocycles. The molecule has 35 heavy (non-hydrogen) atoms. The fraction of sp³-hybridized carbons (Fsp3) is 0.464. The van der Waals surface area contributed by atoms with Gasteiger partial charge < -0.3 is 20.4 Å². The number of carbonyl (C=O) groups is 3. The van der Waals surface area contributed by atoms with Crippen molar-refractivity contribution in [2.75, 3.05) is 43.4 Å². The lowest BCUT2D eigenvalue weighted by Crippen LogP contribution is -2.37.